The fourth-order valence-electron chi connectivity index (χ4n) is 2.00. The predicted molar refractivity (Wildman–Crippen MR) is 86.9 cm³/mol. The summed E-state index contributed by atoms with van der Waals surface area (Å²) in [4.78, 5) is 12.6. The van der Waals surface area contributed by atoms with Crippen LogP contribution in [0.3, 0.4) is 0 Å². The first-order valence-corrected chi connectivity index (χ1v) is 7.67. The molecule has 0 unspecified atom stereocenters. The van der Waals surface area contributed by atoms with Gasteiger partial charge in [0.25, 0.3) is 0 Å². The number of imidazole rings is 1. The highest BCUT2D eigenvalue weighted by Crippen LogP contribution is 2.26. The normalized spacial score (nSPS) is 10.6. The van der Waals surface area contributed by atoms with Crippen molar-refractivity contribution < 1.29 is 4.74 Å². The number of rotatable bonds is 9. The number of nitrogens with zero attached hydrogens (tertiary/aromatic N) is 4. The molecule has 2 aromatic heterocycles. The van der Waals surface area contributed by atoms with Crippen molar-refractivity contribution in [3.8, 4) is 5.88 Å². The van der Waals surface area contributed by atoms with Crippen molar-refractivity contribution in [1.82, 2.24) is 19.5 Å². The van der Waals surface area contributed by atoms with Gasteiger partial charge in [0, 0.05) is 25.5 Å². The molecule has 3 N–H and O–H groups in total. The first kappa shape index (κ1) is 16.1. The summed E-state index contributed by atoms with van der Waals surface area (Å²) in [6.07, 6.45) is 8.54. The summed E-state index contributed by atoms with van der Waals surface area (Å²) < 4.78 is 7.67. The first-order valence-electron chi connectivity index (χ1n) is 7.67. The van der Waals surface area contributed by atoms with Gasteiger partial charge in [-0.1, -0.05) is 13.3 Å². The lowest BCUT2D eigenvalue weighted by Crippen LogP contribution is -2.12. The summed E-state index contributed by atoms with van der Waals surface area (Å²) >= 11 is 0. The van der Waals surface area contributed by atoms with Crippen molar-refractivity contribution in [3.05, 3.63) is 24.5 Å². The molecule has 2 heterocycles. The molecule has 0 aliphatic heterocycles. The van der Waals surface area contributed by atoms with Crippen LogP contribution in [-0.2, 0) is 6.54 Å². The molecule has 0 atom stereocenters. The summed E-state index contributed by atoms with van der Waals surface area (Å²) in [7, 11) is 0. The molecular weight excluding hydrogens is 280 g/mol. The van der Waals surface area contributed by atoms with E-state index in [4.69, 9.17) is 10.5 Å². The summed E-state index contributed by atoms with van der Waals surface area (Å²) in [5.41, 5.74) is 6.56. The van der Waals surface area contributed by atoms with Crippen LogP contribution in [0, 0.1) is 6.92 Å². The molecule has 0 radical (unpaired) electrons. The topological polar surface area (TPSA) is 90.9 Å². The molecule has 0 bridgehead atoms. The van der Waals surface area contributed by atoms with Crippen LogP contribution in [0.2, 0.25) is 0 Å². The van der Waals surface area contributed by atoms with Gasteiger partial charge in [-0.25, -0.2) is 9.97 Å². The number of ether oxygens (including phenoxy) is 1. The lowest BCUT2D eigenvalue weighted by molar-refractivity contribution is 0.298. The molecule has 2 rings (SSSR count). The van der Waals surface area contributed by atoms with Crippen LogP contribution in [-0.4, -0.2) is 32.7 Å². The van der Waals surface area contributed by atoms with Gasteiger partial charge in [0.1, 0.15) is 11.5 Å². The van der Waals surface area contributed by atoms with Gasteiger partial charge in [-0.3, -0.25) is 0 Å². The van der Waals surface area contributed by atoms with Crippen molar-refractivity contribution in [3.63, 3.8) is 0 Å². The Balaban J connectivity index is 1.89. The fraction of sp³-hybridized carbons (Fsp3) is 0.533. The van der Waals surface area contributed by atoms with Gasteiger partial charge < -0.3 is 20.4 Å². The Bertz CT molecular complexity index is 570. The number of unbranched alkanes of at least 4 members (excludes halogenated alkanes) is 1. The molecule has 0 fully saturated rings. The molecule has 120 valence electrons. The summed E-state index contributed by atoms with van der Waals surface area (Å²) in [5.74, 6) is 1.76. The second-order valence-corrected chi connectivity index (χ2v) is 5.12. The van der Waals surface area contributed by atoms with Crippen LogP contribution in [0.15, 0.2) is 18.7 Å². The fourth-order valence-corrected chi connectivity index (χ4v) is 2.00. The second kappa shape index (κ2) is 8.21. The molecule has 7 heteroatoms. The smallest absolute Gasteiger partial charge is 0.242 e. The quantitative estimate of drug-likeness (QED) is 0.690. The number of nitrogen functional groups attached to an aromatic ring is 1. The van der Waals surface area contributed by atoms with Crippen LogP contribution in [0.5, 0.6) is 5.88 Å². The highest BCUT2D eigenvalue weighted by atomic mass is 16.5. The number of aryl methyl sites for hydroxylation is 2. The number of hydrogen-bond acceptors (Lipinski definition) is 6. The van der Waals surface area contributed by atoms with E-state index in [-0.39, 0.29) is 0 Å². The van der Waals surface area contributed by atoms with Gasteiger partial charge >= 0.3 is 0 Å². The molecule has 0 spiro atoms. The zero-order valence-electron chi connectivity index (χ0n) is 13.2. The van der Waals surface area contributed by atoms with Gasteiger partial charge in [-0.15, -0.1) is 0 Å². The Morgan fingerprint density at radius 1 is 1.32 bits per heavy atom. The Morgan fingerprint density at radius 3 is 2.91 bits per heavy atom. The average molecular weight is 304 g/mol. The molecule has 22 heavy (non-hydrogen) atoms. The largest absolute Gasteiger partial charge is 0.476 e. The third kappa shape index (κ3) is 4.61. The minimum absolute atomic E-state index is 0.470. The van der Waals surface area contributed by atoms with Gasteiger partial charge in [0.2, 0.25) is 5.88 Å². The first-order chi connectivity index (χ1) is 10.7. The summed E-state index contributed by atoms with van der Waals surface area (Å²) in [6.45, 7) is 6.25. The van der Waals surface area contributed by atoms with Crippen molar-refractivity contribution >= 4 is 11.5 Å². The molecule has 7 nitrogen and oxygen atoms in total. The third-order valence-corrected chi connectivity index (χ3v) is 3.20. The maximum Gasteiger partial charge on any atom is 0.242 e. The van der Waals surface area contributed by atoms with E-state index in [0.29, 0.717) is 29.8 Å². The van der Waals surface area contributed by atoms with Crippen molar-refractivity contribution in [2.75, 3.05) is 24.2 Å². The van der Waals surface area contributed by atoms with E-state index in [0.717, 1.165) is 32.4 Å². The highest BCUT2D eigenvalue weighted by Gasteiger charge is 2.11. The van der Waals surface area contributed by atoms with E-state index in [1.54, 1.807) is 6.20 Å². The van der Waals surface area contributed by atoms with Crippen molar-refractivity contribution in [1.29, 1.82) is 0 Å². The Hall–Kier alpha value is -2.31. The maximum absolute atomic E-state index is 6.08. The monoisotopic (exact) mass is 304 g/mol. The second-order valence-electron chi connectivity index (χ2n) is 5.12. The third-order valence-electron chi connectivity index (χ3n) is 3.20. The Kier molecular flexibility index (Phi) is 6.00. The van der Waals surface area contributed by atoms with Gasteiger partial charge in [0.15, 0.2) is 5.82 Å². The number of anilines is 2. The van der Waals surface area contributed by atoms with E-state index in [2.05, 4.69) is 27.2 Å². The van der Waals surface area contributed by atoms with Crippen molar-refractivity contribution in [2.45, 2.75) is 39.7 Å². The Labute approximate surface area is 130 Å². The van der Waals surface area contributed by atoms with Crippen LogP contribution < -0.4 is 15.8 Å². The standard InChI is InChI=1S/C15H24N6O/c1-3-4-10-22-15-13(16)14(19-12(2)20-15)18-6-5-8-21-9-7-17-11-21/h7,9,11H,3-6,8,10,16H2,1-2H3,(H,18,19,20). The summed E-state index contributed by atoms with van der Waals surface area (Å²) in [6, 6.07) is 0. The molecule has 0 aliphatic rings. The van der Waals surface area contributed by atoms with Crippen LogP contribution in [0.1, 0.15) is 32.0 Å². The molecule has 0 aromatic carbocycles. The predicted octanol–water partition coefficient (Wildman–Crippen LogP) is 2.24. The SMILES string of the molecule is CCCCOc1nc(C)nc(NCCCn2ccnc2)c1N. The average Bonchev–Trinajstić information content (AvgIpc) is 3.01. The van der Waals surface area contributed by atoms with Crippen LogP contribution in [0.4, 0.5) is 11.5 Å². The number of hydrogen-bond donors (Lipinski definition) is 2. The lowest BCUT2D eigenvalue weighted by atomic mass is 10.3. The van der Waals surface area contributed by atoms with Crippen LogP contribution in [0.25, 0.3) is 0 Å². The number of nitrogens with two attached hydrogens (primary N) is 1. The zero-order valence-corrected chi connectivity index (χ0v) is 13.2. The number of aromatic nitrogens is 4. The number of nitrogens with one attached hydrogen (secondary N) is 1. The molecule has 0 saturated carbocycles. The van der Waals surface area contributed by atoms with Gasteiger partial charge in [-0.2, -0.15) is 4.98 Å². The highest BCUT2D eigenvalue weighted by molar-refractivity contribution is 5.66. The summed E-state index contributed by atoms with van der Waals surface area (Å²) in [5, 5.41) is 3.26. The molecular formula is C15H24N6O. The Morgan fingerprint density at radius 2 is 2.18 bits per heavy atom. The minimum atomic E-state index is 0.470. The molecule has 2 aromatic rings. The van der Waals surface area contributed by atoms with E-state index in [1.807, 2.05) is 24.0 Å². The van der Waals surface area contributed by atoms with E-state index in [1.165, 1.54) is 0 Å². The van der Waals surface area contributed by atoms with E-state index < -0.39 is 0 Å². The van der Waals surface area contributed by atoms with E-state index in [9.17, 15) is 0 Å². The zero-order chi connectivity index (χ0) is 15.8. The van der Waals surface area contributed by atoms with E-state index >= 15 is 0 Å². The molecule has 0 amide bonds. The maximum atomic E-state index is 6.08. The van der Waals surface area contributed by atoms with Gasteiger partial charge in [0.05, 0.1) is 12.9 Å². The molecule has 0 saturated heterocycles. The molecule has 0 aliphatic carbocycles. The minimum Gasteiger partial charge on any atom is -0.476 e. The van der Waals surface area contributed by atoms with Crippen molar-refractivity contribution in [2.24, 2.45) is 0 Å². The lowest BCUT2D eigenvalue weighted by Gasteiger charge is -2.13. The van der Waals surface area contributed by atoms with Gasteiger partial charge in [-0.05, 0) is 19.8 Å². The van der Waals surface area contributed by atoms with Crippen LogP contribution >= 0.6 is 0 Å².